The number of rotatable bonds is 4. The van der Waals surface area contributed by atoms with E-state index in [4.69, 9.17) is 16.9 Å². The Labute approximate surface area is 75.4 Å². The second-order valence-corrected chi connectivity index (χ2v) is 2.68. The maximum atomic E-state index is 7.82. The van der Waals surface area contributed by atoms with Crippen LogP contribution in [0.3, 0.4) is 0 Å². The van der Waals surface area contributed by atoms with Crippen LogP contribution in [0, 0.1) is 11.3 Å². The summed E-state index contributed by atoms with van der Waals surface area (Å²) in [7, 11) is 0. The number of unbranched alkanes of at least 4 members (excludes halogenated alkanes) is 3. The Morgan fingerprint density at radius 3 is 1.91 bits per heavy atom. The lowest BCUT2D eigenvalue weighted by Gasteiger charge is -1.84. The first kappa shape index (κ1) is 13.4. The zero-order valence-corrected chi connectivity index (χ0v) is 8.32. The molecule has 0 aliphatic carbocycles. The topological polar surface area (TPSA) is 23.8 Å². The molecule has 0 aromatic rings. The Bertz CT molecular complexity index is 82.1. The number of nitrogens with zero attached hydrogens (tertiary/aromatic N) is 1. The fourth-order valence-corrected chi connectivity index (χ4v) is 0.645. The molecule has 0 fully saturated rings. The van der Waals surface area contributed by atoms with Crippen molar-refractivity contribution in [3.05, 3.63) is 0 Å². The van der Waals surface area contributed by atoms with Gasteiger partial charge in [0.2, 0.25) is 0 Å². The van der Waals surface area contributed by atoms with E-state index in [1.165, 1.54) is 19.3 Å². The maximum Gasteiger partial charge on any atom is 0.0621 e. The van der Waals surface area contributed by atoms with Crippen LogP contribution >= 0.6 is 11.6 Å². The normalized spacial score (nSPS) is 7.82. The number of hydrogen-bond acceptors (Lipinski definition) is 1. The molecule has 0 aromatic carbocycles. The van der Waals surface area contributed by atoms with E-state index in [0.29, 0.717) is 6.42 Å². The average Bonchev–Trinajstić information content (AvgIpc) is 2.04. The third kappa shape index (κ3) is 25.9. The van der Waals surface area contributed by atoms with Crippen LogP contribution in [0.5, 0.6) is 0 Å². The van der Waals surface area contributed by atoms with Crippen LogP contribution < -0.4 is 0 Å². The lowest BCUT2D eigenvalue weighted by atomic mass is 10.3. The predicted molar refractivity (Wildman–Crippen MR) is 50.8 cm³/mol. The van der Waals surface area contributed by atoms with Gasteiger partial charge in [0.05, 0.1) is 6.07 Å². The lowest BCUT2D eigenvalue weighted by Crippen LogP contribution is -1.70. The predicted octanol–water partition coefficient (Wildman–Crippen LogP) is 3.73. The van der Waals surface area contributed by atoms with E-state index in [1.54, 1.807) is 0 Å². The Morgan fingerprint density at radius 1 is 1.18 bits per heavy atom. The van der Waals surface area contributed by atoms with Crippen LogP contribution in [0.4, 0.5) is 0 Å². The van der Waals surface area contributed by atoms with Crippen molar-refractivity contribution in [2.75, 3.05) is 5.88 Å². The van der Waals surface area contributed by atoms with E-state index in [9.17, 15) is 0 Å². The molecule has 0 bridgehead atoms. The van der Waals surface area contributed by atoms with Crippen LogP contribution in [0.1, 0.15) is 46.0 Å². The first-order valence-corrected chi connectivity index (χ1v) is 4.79. The van der Waals surface area contributed by atoms with Crippen molar-refractivity contribution in [3.63, 3.8) is 0 Å². The molecule has 0 aromatic heterocycles. The van der Waals surface area contributed by atoms with Gasteiger partial charge in [-0.2, -0.15) is 5.26 Å². The van der Waals surface area contributed by atoms with E-state index in [-0.39, 0.29) is 0 Å². The SMILES string of the molecule is CCCC#N.CCCCCCl. The molecule has 0 rings (SSSR count). The molecule has 1 nitrogen and oxygen atoms in total. The molecule has 0 radical (unpaired) electrons. The van der Waals surface area contributed by atoms with Crippen molar-refractivity contribution in [2.24, 2.45) is 0 Å². The second kappa shape index (κ2) is 16.4. The van der Waals surface area contributed by atoms with Gasteiger partial charge in [-0.05, 0) is 12.8 Å². The zero-order valence-electron chi connectivity index (χ0n) is 7.57. The molecule has 0 heterocycles. The van der Waals surface area contributed by atoms with Gasteiger partial charge in [-0.25, -0.2) is 0 Å². The van der Waals surface area contributed by atoms with Crippen LogP contribution in [-0.2, 0) is 0 Å². The number of alkyl halides is 1. The fraction of sp³-hybridized carbons (Fsp3) is 0.889. The molecule has 0 saturated heterocycles. The van der Waals surface area contributed by atoms with Crippen LogP contribution in [0.15, 0.2) is 0 Å². The monoisotopic (exact) mass is 175 g/mol. The summed E-state index contributed by atoms with van der Waals surface area (Å²) in [5, 5.41) is 7.82. The smallest absolute Gasteiger partial charge is 0.0621 e. The van der Waals surface area contributed by atoms with Crippen molar-refractivity contribution in [3.8, 4) is 6.07 Å². The van der Waals surface area contributed by atoms with Gasteiger partial charge in [-0.1, -0.05) is 26.7 Å². The molecule has 0 aliphatic heterocycles. The quantitative estimate of drug-likeness (QED) is 0.472. The fourth-order valence-electron chi connectivity index (χ4n) is 0.456. The zero-order chi connectivity index (χ0) is 8.95. The minimum absolute atomic E-state index is 0.694. The Kier molecular flexibility index (Phi) is 19.9. The largest absolute Gasteiger partial charge is 0.198 e. The summed E-state index contributed by atoms with van der Waals surface area (Å²) in [5.41, 5.74) is 0. The highest BCUT2D eigenvalue weighted by Gasteiger charge is 1.76. The molecule has 2 heteroatoms. The molecule has 66 valence electrons. The summed E-state index contributed by atoms with van der Waals surface area (Å²) >= 11 is 5.38. The molecule has 0 saturated carbocycles. The third-order valence-corrected chi connectivity index (χ3v) is 1.37. The molecule has 0 atom stereocenters. The van der Waals surface area contributed by atoms with E-state index < -0.39 is 0 Å². The van der Waals surface area contributed by atoms with Crippen molar-refractivity contribution < 1.29 is 0 Å². The van der Waals surface area contributed by atoms with E-state index in [0.717, 1.165) is 12.3 Å². The summed E-state index contributed by atoms with van der Waals surface area (Å²) in [6, 6.07) is 2.02. The standard InChI is InChI=1S/C5H11Cl.C4H7N/c1-2-3-4-5-6;1-2-3-4-5/h2-5H2,1H3;2-3H2,1H3. The first-order chi connectivity index (χ1) is 5.33. The van der Waals surface area contributed by atoms with Crippen molar-refractivity contribution in [2.45, 2.75) is 46.0 Å². The highest BCUT2D eigenvalue weighted by molar-refractivity contribution is 6.17. The van der Waals surface area contributed by atoms with Gasteiger partial charge in [0, 0.05) is 12.3 Å². The average molecular weight is 176 g/mol. The molecule has 11 heavy (non-hydrogen) atoms. The van der Waals surface area contributed by atoms with Gasteiger partial charge >= 0.3 is 0 Å². The highest BCUT2D eigenvalue weighted by atomic mass is 35.5. The van der Waals surface area contributed by atoms with E-state index in [2.05, 4.69) is 6.92 Å². The summed E-state index contributed by atoms with van der Waals surface area (Å²) in [5.74, 6) is 0.827. The summed E-state index contributed by atoms with van der Waals surface area (Å²) < 4.78 is 0. The van der Waals surface area contributed by atoms with Gasteiger partial charge < -0.3 is 0 Å². The molecule has 0 N–H and O–H groups in total. The Morgan fingerprint density at radius 2 is 1.82 bits per heavy atom. The number of hydrogen-bond donors (Lipinski definition) is 0. The van der Waals surface area contributed by atoms with Crippen LogP contribution in [0.25, 0.3) is 0 Å². The van der Waals surface area contributed by atoms with Gasteiger partial charge in [0.1, 0.15) is 0 Å². The minimum atomic E-state index is 0.694. The van der Waals surface area contributed by atoms with E-state index >= 15 is 0 Å². The summed E-state index contributed by atoms with van der Waals surface area (Å²) in [6.07, 6.45) is 5.41. The van der Waals surface area contributed by atoms with E-state index in [1.807, 2.05) is 13.0 Å². The summed E-state index contributed by atoms with van der Waals surface area (Å²) in [6.45, 7) is 4.16. The number of halogens is 1. The van der Waals surface area contributed by atoms with Gasteiger partial charge in [0.25, 0.3) is 0 Å². The molecule has 0 amide bonds. The Hall–Kier alpha value is -0.220. The summed E-state index contributed by atoms with van der Waals surface area (Å²) in [4.78, 5) is 0. The molecular formula is C9H18ClN. The highest BCUT2D eigenvalue weighted by Crippen LogP contribution is 1.93. The molecule has 0 unspecified atom stereocenters. The van der Waals surface area contributed by atoms with Crippen LogP contribution in [0.2, 0.25) is 0 Å². The first-order valence-electron chi connectivity index (χ1n) is 4.26. The van der Waals surface area contributed by atoms with Crippen molar-refractivity contribution >= 4 is 11.6 Å². The van der Waals surface area contributed by atoms with Crippen molar-refractivity contribution in [1.82, 2.24) is 0 Å². The molecule has 0 spiro atoms. The van der Waals surface area contributed by atoms with Gasteiger partial charge in [0.15, 0.2) is 0 Å². The van der Waals surface area contributed by atoms with Gasteiger partial charge in [-0.3, -0.25) is 0 Å². The van der Waals surface area contributed by atoms with Gasteiger partial charge in [-0.15, -0.1) is 11.6 Å². The minimum Gasteiger partial charge on any atom is -0.198 e. The van der Waals surface area contributed by atoms with Crippen LogP contribution in [-0.4, -0.2) is 5.88 Å². The van der Waals surface area contributed by atoms with Crippen molar-refractivity contribution in [1.29, 1.82) is 5.26 Å². The third-order valence-electron chi connectivity index (χ3n) is 1.10. The lowest BCUT2D eigenvalue weighted by molar-refractivity contribution is 0.776. The molecular weight excluding hydrogens is 158 g/mol. The Balaban J connectivity index is 0. The number of nitriles is 1. The maximum absolute atomic E-state index is 7.82. The molecule has 0 aliphatic rings. The second-order valence-electron chi connectivity index (χ2n) is 2.30.